The molecule has 1 amide bonds. The fourth-order valence-electron chi connectivity index (χ4n) is 3.40. The third-order valence-electron chi connectivity index (χ3n) is 5.14. The summed E-state index contributed by atoms with van der Waals surface area (Å²) < 4.78 is 13.8. The van der Waals surface area contributed by atoms with Gasteiger partial charge in [-0.15, -0.1) is 0 Å². The quantitative estimate of drug-likeness (QED) is 0.424. The van der Waals surface area contributed by atoms with Gasteiger partial charge in [-0.1, -0.05) is 23.5 Å². The van der Waals surface area contributed by atoms with Crippen LogP contribution in [-0.2, 0) is 11.8 Å². The zero-order chi connectivity index (χ0) is 22.7. The van der Waals surface area contributed by atoms with Crippen LogP contribution in [0.2, 0.25) is 0 Å². The molecule has 0 aliphatic heterocycles. The third-order valence-corrected chi connectivity index (χ3v) is 6.11. The number of carbonyl (C=O) groups is 1. The summed E-state index contributed by atoms with van der Waals surface area (Å²) >= 11 is 1.52. The van der Waals surface area contributed by atoms with E-state index in [4.69, 9.17) is 9.47 Å². The number of rotatable bonds is 8. The molecule has 32 heavy (non-hydrogen) atoms. The zero-order valence-corrected chi connectivity index (χ0v) is 19.1. The summed E-state index contributed by atoms with van der Waals surface area (Å²) in [4.78, 5) is 22.2. The van der Waals surface area contributed by atoms with E-state index in [2.05, 4.69) is 20.6 Å². The fourth-order valence-corrected chi connectivity index (χ4v) is 4.35. The monoisotopic (exact) mass is 451 g/mol. The number of anilines is 1. The SMILES string of the molecule is COc1cc(OC)cc(C(NC(=O)C(C)Nc2nc3ccccc3s2)c2nccn2C)c1. The molecular formula is C23H25N5O3S. The van der Waals surface area contributed by atoms with E-state index in [-0.39, 0.29) is 5.91 Å². The van der Waals surface area contributed by atoms with E-state index in [0.717, 1.165) is 15.8 Å². The molecule has 166 valence electrons. The number of nitrogens with one attached hydrogen (secondary N) is 2. The molecule has 0 saturated carbocycles. The van der Waals surface area contributed by atoms with Crippen molar-refractivity contribution in [3.05, 3.63) is 66.2 Å². The molecule has 0 aliphatic rings. The van der Waals surface area contributed by atoms with Crippen LogP contribution in [0.15, 0.2) is 54.9 Å². The van der Waals surface area contributed by atoms with Gasteiger partial charge in [0.2, 0.25) is 5.91 Å². The van der Waals surface area contributed by atoms with Gasteiger partial charge in [-0.05, 0) is 36.8 Å². The lowest BCUT2D eigenvalue weighted by Crippen LogP contribution is -2.40. The average Bonchev–Trinajstić information content (AvgIpc) is 3.41. The van der Waals surface area contributed by atoms with Crippen molar-refractivity contribution in [1.82, 2.24) is 19.9 Å². The molecule has 0 bridgehead atoms. The Balaban J connectivity index is 1.59. The standard InChI is InChI=1S/C23H25N5O3S/c1-14(25-23-26-18-7-5-6-8-19(18)32-23)22(29)27-20(21-24-9-10-28(21)2)15-11-16(30-3)13-17(12-15)31-4/h5-14,20H,1-4H3,(H,25,26)(H,27,29). The largest absolute Gasteiger partial charge is 0.497 e. The van der Waals surface area contributed by atoms with Gasteiger partial charge in [0.1, 0.15) is 29.4 Å². The minimum Gasteiger partial charge on any atom is -0.497 e. The van der Waals surface area contributed by atoms with Gasteiger partial charge in [-0.3, -0.25) is 4.79 Å². The molecule has 4 rings (SSSR count). The van der Waals surface area contributed by atoms with E-state index in [1.165, 1.54) is 11.3 Å². The van der Waals surface area contributed by atoms with Gasteiger partial charge in [0.15, 0.2) is 5.13 Å². The lowest BCUT2D eigenvalue weighted by Gasteiger charge is -2.22. The van der Waals surface area contributed by atoms with Gasteiger partial charge < -0.3 is 24.7 Å². The molecule has 2 aromatic carbocycles. The number of thiazole rings is 1. The summed E-state index contributed by atoms with van der Waals surface area (Å²) in [5.74, 6) is 1.78. The maximum Gasteiger partial charge on any atom is 0.243 e. The first kappa shape index (κ1) is 21.6. The van der Waals surface area contributed by atoms with Gasteiger partial charge >= 0.3 is 0 Å². The highest BCUT2D eigenvalue weighted by Crippen LogP contribution is 2.30. The number of imidazole rings is 1. The van der Waals surface area contributed by atoms with E-state index in [9.17, 15) is 4.79 Å². The Bertz CT molecular complexity index is 1180. The highest BCUT2D eigenvalue weighted by molar-refractivity contribution is 7.22. The summed E-state index contributed by atoms with van der Waals surface area (Å²) in [5.41, 5.74) is 1.71. The van der Waals surface area contributed by atoms with Gasteiger partial charge in [-0.2, -0.15) is 0 Å². The van der Waals surface area contributed by atoms with Gasteiger partial charge in [-0.25, -0.2) is 9.97 Å². The number of amides is 1. The van der Waals surface area contributed by atoms with Crippen molar-refractivity contribution in [2.75, 3.05) is 19.5 Å². The van der Waals surface area contributed by atoms with Crippen molar-refractivity contribution < 1.29 is 14.3 Å². The average molecular weight is 452 g/mol. The number of hydrogen-bond acceptors (Lipinski definition) is 7. The molecular weight excluding hydrogens is 426 g/mol. The number of nitrogens with zero attached hydrogens (tertiary/aromatic N) is 3. The smallest absolute Gasteiger partial charge is 0.243 e. The van der Waals surface area contributed by atoms with Gasteiger partial charge in [0.05, 0.1) is 24.4 Å². The summed E-state index contributed by atoms with van der Waals surface area (Å²) in [6, 6.07) is 12.4. The second-order valence-corrected chi connectivity index (χ2v) is 8.37. The number of aryl methyl sites for hydroxylation is 1. The maximum absolute atomic E-state index is 13.2. The molecule has 0 fully saturated rings. The number of para-hydroxylation sites is 1. The van der Waals surface area contributed by atoms with Crippen molar-refractivity contribution in [3.8, 4) is 11.5 Å². The second-order valence-electron chi connectivity index (χ2n) is 7.34. The Morgan fingerprint density at radius 3 is 2.47 bits per heavy atom. The van der Waals surface area contributed by atoms with Crippen molar-refractivity contribution >= 4 is 32.6 Å². The zero-order valence-electron chi connectivity index (χ0n) is 18.3. The minimum absolute atomic E-state index is 0.181. The van der Waals surface area contributed by atoms with Crippen molar-refractivity contribution in [3.63, 3.8) is 0 Å². The molecule has 0 spiro atoms. The fraction of sp³-hybridized carbons (Fsp3) is 0.261. The third kappa shape index (κ3) is 4.52. The lowest BCUT2D eigenvalue weighted by molar-refractivity contribution is -0.122. The topological polar surface area (TPSA) is 90.3 Å². The van der Waals surface area contributed by atoms with Crippen LogP contribution in [0.4, 0.5) is 5.13 Å². The molecule has 0 aliphatic carbocycles. The van der Waals surface area contributed by atoms with Crippen LogP contribution in [-0.4, -0.2) is 40.7 Å². The first-order valence-electron chi connectivity index (χ1n) is 10.1. The maximum atomic E-state index is 13.2. The Labute approximate surface area is 190 Å². The molecule has 0 saturated heterocycles. The van der Waals surface area contributed by atoms with Crippen molar-refractivity contribution in [2.24, 2.45) is 7.05 Å². The number of carbonyl (C=O) groups excluding carboxylic acids is 1. The Morgan fingerprint density at radius 2 is 1.84 bits per heavy atom. The Morgan fingerprint density at radius 1 is 1.12 bits per heavy atom. The number of methoxy groups -OCH3 is 2. The molecule has 9 heteroatoms. The van der Waals surface area contributed by atoms with Crippen LogP contribution in [0.25, 0.3) is 10.2 Å². The van der Waals surface area contributed by atoms with Gasteiger partial charge in [0.25, 0.3) is 0 Å². The van der Waals surface area contributed by atoms with Crippen LogP contribution >= 0.6 is 11.3 Å². The van der Waals surface area contributed by atoms with Crippen molar-refractivity contribution in [2.45, 2.75) is 19.0 Å². The molecule has 2 aromatic heterocycles. The summed E-state index contributed by atoms with van der Waals surface area (Å²) in [7, 11) is 5.08. The predicted octanol–water partition coefficient (Wildman–Crippen LogP) is 3.75. The van der Waals surface area contributed by atoms with E-state index in [1.54, 1.807) is 26.5 Å². The van der Waals surface area contributed by atoms with Crippen LogP contribution in [0.5, 0.6) is 11.5 Å². The first-order valence-corrected chi connectivity index (χ1v) is 10.9. The van der Waals surface area contributed by atoms with Crippen LogP contribution in [0.1, 0.15) is 24.4 Å². The molecule has 2 atom stereocenters. The van der Waals surface area contributed by atoms with Gasteiger partial charge in [0, 0.05) is 25.5 Å². The van der Waals surface area contributed by atoms with E-state index < -0.39 is 12.1 Å². The number of hydrogen-bond donors (Lipinski definition) is 2. The molecule has 0 radical (unpaired) electrons. The molecule has 8 nitrogen and oxygen atoms in total. The summed E-state index contributed by atoms with van der Waals surface area (Å²) in [6.45, 7) is 1.81. The Hall–Kier alpha value is -3.59. The minimum atomic E-state index is -0.508. The van der Waals surface area contributed by atoms with Crippen LogP contribution < -0.4 is 20.1 Å². The molecule has 2 N–H and O–H groups in total. The van der Waals surface area contributed by atoms with Crippen LogP contribution in [0, 0.1) is 0 Å². The normalized spacial score (nSPS) is 12.9. The summed E-state index contributed by atoms with van der Waals surface area (Å²) in [5, 5.41) is 7.03. The first-order chi connectivity index (χ1) is 15.5. The summed E-state index contributed by atoms with van der Waals surface area (Å²) in [6.07, 6.45) is 3.55. The molecule has 2 unspecified atom stereocenters. The second kappa shape index (κ2) is 9.27. The molecule has 2 heterocycles. The molecule has 4 aromatic rings. The highest BCUT2D eigenvalue weighted by Gasteiger charge is 2.25. The number of fused-ring (bicyclic) bond motifs is 1. The van der Waals surface area contributed by atoms with E-state index in [1.807, 2.05) is 61.1 Å². The van der Waals surface area contributed by atoms with E-state index >= 15 is 0 Å². The highest BCUT2D eigenvalue weighted by atomic mass is 32.1. The lowest BCUT2D eigenvalue weighted by atomic mass is 10.0. The van der Waals surface area contributed by atoms with Crippen LogP contribution in [0.3, 0.4) is 0 Å². The number of aromatic nitrogens is 3. The number of ether oxygens (including phenoxy) is 2. The van der Waals surface area contributed by atoms with Crippen molar-refractivity contribution in [1.29, 1.82) is 0 Å². The van der Waals surface area contributed by atoms with E-state index in [0.29, 0.717) is 22.5 Å². The predicted molar refractivity (Wildman–Crippen MR) is 125 cm³/mol. The Kier molecular flexibility index (Phi) is 6.27. The number of benzene rings is 2.